The van der Waals surface area contributed by atoms with Crippen LogP contribution in [0, 0.1) is 11.8 Å². The van der Waals surface area contributed by atoms with Gasteiger partial charge in [-0.15, -0.1) is 0 Å². The van der Waals surface area contributed by atoms with Crippen LogP contribution >= 0.6 is 11.6 Å². The van der Waals surface area contributed by atoms with Gasteiger partial charge in [-0.1, -0.05) is 35.6 Å². The van der Waals surface area contributed by atoms with Crippen molar-refractivity contribution >= 4 is 23.4 Å². The van der Waals surface area contributed by atoms with Gasteiger partial charge in [-0.05, 0) is 50.2 Å². The predicted octanol–water partition coefficient (Wildman–Crippen LogP) is 2.79. The summed E-state index contributed by atoms with van der Waals surface area (Å²) >= 11 is 5.84. The molecule has 0 aliphatic rings. The largest absolute Gasteiger partial charge is 0.480 e. The van der Waals surface area contributed by atoms with E-state index < -0.39 is 11.5 Å². The highest BCUT2D eigenvalue weighted by atomic mass is 35.5. The third-order valence-electron chi connectivity index (χ3n) is 3.65. The third-order valence-corrected chi connectivity index (χ3v) is 3.90. The molecule has 0 fully saturated rings. The minimum absolute atomic E-state index is 0.0603. The molecule has 3 N–H and O–H groups in total. The van der Waals surface area contributed by atoms with Gasteiger partial charge < -0.3 is 20.5 Å². The van der Waals surface area contributed by atoms with Crippen LogP contribution in [-0.2, 0) is 4.79 Å². The highest BCUT2D eigenvalue weighted by Crippen LogP contribution is 2.21. The molecule has 0 aromatic heterocycles. The zero-order valence-electron chi connectivity index (χ0n) is 15.6. The molecule has 0 aliphatic carbocycles. The minimum atomic E-state index is -1.08. The number of hydrogen-bond acceptors (Lipinski definition) is 4. The molecule has 0 atom stereocenters. The first kappa shape index (κ1) is 21.1. The lowest BCUT2D eigenvalue weighted by molar-refractivity contribution is -0.133. The highest BCUT2D eigenvalue weighted by molar-refractivity contribution is 6.30. The van der Waals surface area contributed by atoms with Gasteiger partial charge in [0.05, 0.1) is 12.1 Å². The summed E-state index contributed by atoms with van der Waals surface area (Å²) in [6, 6.07) is 13.4. The number of amides is 2. The summed E-state index contributed by atoms with van der Waals surface area (Å²) in [7, 11) is 0. The smallest absolute Gasteiger partial charge is 0.264 e. The van der Waals surface area contributed by atoms with Gasteiger partial charge in [0, 0.05) is 5.02 Å². The predicted molar refractivity (Wildman–Crippen MR) is 107 cm³/mol. The zero-order chi connectivity index (χ0) is 20.6. The number of carbonyl (C=O) groups is 2. The van der Waals surface area contributed by atoms with E-state index in [0.717, 1.165) is 0 Å². The number of hydrogen-bond donors (Lipinski definition) is 2. The van der Waals surface area contributed by atoms with E-state index in [2.05, 4.69) is 17.2 Å². The maximum absolute atomic E-state index is 12.3. The molecule has 0 unspecified atom stereocenters. The van der Waals surface area contributed by atoms with E-state index in [1.165, 1.54) is 0 Å². The number of ether oxygens (including phenoxy) is 2. The first-order valence-corrected chi connectivity index (χ1v) is 8.87. The monoisotopic (exact) mass is 400 g/mol. The van der Waals surface area contributed by atoms with Crippen LogP contribution < -0.4 is 20.5 Å². The number of primary amides is 1. The second-order valence-corrected chi connectivity index (χ2v) is 6.69. The third kappa shape index (κ3) is 6.22. The Kier molecular flexibility index (Phi) is 7.30. The Hall–Kier alpha value is -3.17. The lowest BCUT2D eigenvalue weighted by Crippen LogP contribution is -2.46. The van der Waals surface area contributed by atoms with Gasteiger partial charge in [-0.2, -0.15) is 0 Å². The number of halogens is 1. The number of rotatable bonds is 7. The second kappa shape index (κ2) is 9.67. The van der Waals surface area contributed by atoms with Crippen molar-refractivity contribution in [3.63, 3.8) is 0 Å². The Morgan fingerprint density at radius 3 is 2.46 bits per heavy atom. The van der Waals surface area contributed by atoms with Crippen molar-refractivity contribution in [2.45, 2.75) is 19.4 Å². The normalized spacial score (nSPS) is 10.4. The Morgan fingerprint density at radius 2 is 1.79 bits per heavy atom. The maximum Gasteiger partial charge on any atom is 0.264 e. The van der Waals surface area contributed by atoms with Crippen molar-refractivity contribution in [2.24, 2.45) is 5.73 Å². The van der Waals surface area contributed by atoms with Crippen molar-refractivity contribution in [2.75, 3.05) is 13.2 Å². The first-order valence-electron chi connectivity index (χ1n) is 8.50. The molecule has 28 heavy (non-hydrogen) atoms. The van der Waals surface area contributed by atoms with Crippen LogP contribution in [0.4, 0.5) is 0 Å². The zero-order valence-corrected chi connectivity index (χ0v) is 16.4. The fourth-order valence-corrected chi connectivity index (χ4v) is 2.33. The van der Waals surface area contributed by atoms with Gasteiger partial charge in [0.1, 0.15) is 18.1 Å². The average Bonchev–Trinajstić information content (AvgIpc) is 2.66. The Labute approximate surface area is 169 Å². The summed E-state index contributed by atoms with van der Waals surface area (Å²) in [5.74, 6) is 5.58. The molecule has 6 nitrogen and oxygen atoms in total. The Balaban J connectivity index is 1.81. The van der Waals surface area contributed by atoms with Crippen LogP contribution in [0.1, 0.15) is 24.2 Å². The highest BCUT2D eigenvalue weighted by Gasteiger charge is 2.29. The van der Waals surface area contributed by atoms with Crippen molar-refractivity contribution in [3.05, 3.63) is 59.1 Å². The molecule has 0 spiro atoms. The van der Waals surface area contributed by atoms with E-state index in [1.807, 2.05) is 0 Å². The van der Waals surface area contributed by atoms with E-state index in [1.54, 1.807) is 62.4 Å². The molecule has 7 heteroatoms. The molecule has 0 radical (unpaired) electrons. The molecule has 0 saturated carbocycles. The van der Waals surface area contributed by atoms with Gasteiger partial charge in [0.15, 0.2) is 5.60 Å². The molecular formula is C21H21ClN2O4. The van der Waals surface area contributed by atoms with Crippen LogP contribution in [0.3, 0.4) is 0 Å². The Morgan fingerprint density at radius 1 is 1.11 bits per heavy atom. The fourth-order valence-electron chi connectivity index (χ4n) is 2.20. The van der Waals surface area contributed by atoms with E-state index in [0.29, 0.717) is 22.1 Å². The Bertz CT molecular complexity index is 899. The van der Waals surface area contributed by atoms with Gasteiger partial charge in [0.25, 0.3) is 11.8 Å². The molecule has 0 heterocycles. The topological polar surface area (TPSA) is 90.7 Å². The quantitative estimate of drug-likeness (QED) is 0.699. The van der Waals surface area contributed by atoms with Crippen molar-refractivity contribution < 1.29 is 19.1 Å². The van der Waals surface area contributed by atoms with Gasteiger partial charge >= 0.3 is 0 Å². The van der Waals surface area contributed by atoms with Crippen LogP contribution in [0.15, 0.2) is 48.5 Å². The molecular weight excluding hydrogens is 380 g/mol. The van der Waals surface area contributed by atoms with Crippen LogP contribution in [0.5, 0.6) is 11.5 Å². The molecule has 2 aromatic carbocycles. The molecule has 0 bridgehead atoms. The number of para-hydroxylation sites is 1. The average molecular weight is 401 g/mol. The summed E-state index contributed by atoms with van der Waals surface area (Å²) in [6.07, 6.45) is 0. The standard InChI is InChI=1S/C21H21ClN2O4/c1-21(2,28-16-11-9-15(22)10-12-16)20(26)24-13-5-6-14-27-18-8-4-3-7-17(18)19(23)25/h3-4,7-12H,13-14H2,1-2H3,(H2,23,25)(H,24,26). The van der Waals surface area contributed by atoms with E-state index in [-0.39, 0.29) is 19.1 Å². The summed E-state index contributed by atoms with van der Waals surface area (Å²) in [5.41, 5.74) is 4.50. The van der Waals surface area contributed by atoms with Gasteiger partial charge in [-0.3, -0.25) is 9.59 Å². The maximum atomic E-state index is 12.3. The van der Waals surface area contributed by atoms with Crippen LogP contribution in [0.25, 0.3) is 0 Å². The summed E-state index contributed by atoms with van der Waals surface area (Å²) in [4.78, 5) is 23.6. The van der Waals surface area contributed by atoms with Gasteiger partial charge in [-0.25, -0.2) is 0 Å². The fraction of sp³-hybridized carbons (Fsp3) is 0.238. The van der Waals surface area contributed by atoms with E-state index in [4.69, 9.17) is 26.8 Å². The second-order valence-electron chi connectivity index (χ2n) is 6.25. The number of nitrogens with two attached hydrogens (primary N) is 1. The van der Waals surface area contributed by atoms with Crippen LogP contribution in [0.2, 0.25) is 5.02 Å². The van der Waals surface area contributed by atoms with Crippen LogP contribution in [-0.4, -0.2) is 30.6 Å². The van der Waals surface area contributed by atoms with E-state index >= 15 is 0 Å². The van der Waals surface area contributed by atoms with Crippen molar-refractivity contribution in [1.82, 2.24) is 5.32 Å². The number of benzene rings is 2. The summed E-state index contributed by atoms with van der Waals surface area (Å²) < 4.78 is 11.1. The van der Waals surface area contributed by atoms with Gasteiger partial charge in [0.2, 0.25) is 0 Å². The van der Waals surface area contributed by atoms with E-state index in [9.17, 15) is 9.59 Å². The molecule has 2 amide bonds. The number of nitrogens with one attached hydrogen (secondary N) is 1. The molecule has 0 saturated heterocycles. The van der Waals surface area contributed by atoms with Crippen molar-refractivity contribution in [1.29, 1.82) is 0 Å². The summed E-state index contributed by atoms with van der Waals surface area (Å²) in [6.45, 7) is 3.51. The SMILES string of the molecule is CC(C)(Oc1ccc(Cl)cc1)C(=O)NCC#CCOc1ccccc1C(N)=O. The lowest BCUT2D eigenvalue weighted by Gasteiger charge is -2.24. The lowest BCUT2D eigenvalue weighted by atomic mass is 10.1. The minimum Gasteiger partial charge on any atom is -0.480 e. The molecule has 2 rings (SSSR count). The molecule has 2 aromatic rings. The molecule has 146 valence electrons. The van der Waals surface area contributed by atoms with Crippen molar-refractivity contribution in [3.8, 4) is 23.3 Å². The number of carbonyl (C=O) groups excluding carboxylic acids is 2. The summed E-state index contributed by atoms with van der Waals surface area (Å²) in [5, 5.41) is 3.28. The molecule has 0 aliphatic heterocycles. The first-order chi connectivity index (χ1) is 13.3.